The first-order valence-corrected chi connectivity index (χ1v) is 10.1. The topological polar surface area (TPSA) is 104 Å². The third-order valence-corrected chi connectivity index (χ3v) is 5.69. The number of halogens is 1. The number of nitrogens with zero attached hydrogens (tertiary/aromatic N) is 3. The lowest BCUT2D eigenvalue weighted by molar-refractivity contribution is 0.0670. The molecule has 1 atom stereocenters. The Bertz CT molecular complexity index is 1100. The fraction of sp³-hybridized carbons (Fsp3) is 0.318. The Morgan fingerprint density at radius 1 is 1.29 bits per heavy atom. The normalized spacial score (nSPS) is 18.7. The highest BCUT2D eigenvalue weighted by molar-refractivity contribution is 6.34. The lowest BCUT2D eigenvalue weighted by Crippen LogP contribution is -2.38. The minimum Gasteiger partial charge on any atom is -0.485 e. The number of carbonyl (C=O) groups excluding carboxylic acids is 1. The van der Waals surface area contributed by atoms with Crippen LogP contribution in [0, 0.1) is 11.3 Å². The highest BCUT2D eigenvalue weighted by atomic mass is 35.5. The lowest BCUT2D eigenvalue weighted by Gasteiger charge is -2.27. The molecule has 1 N–H and O–H groups in total. The molecule has 0 aliphatic carbocycles. The smallest absolute Gasteiger partial charge is 0.258 e. The van der Waals surface area contributed by atoms with Crippen molar-refractivity contribution >= 4 is 23.2 Å². The second-order valence-corrected chi connectivity index (χ2v) is 7.49. The van der Waals surface area contributed by atoms with Crippen LogP contribution in [0.3, 0.4) is 0 Å². The Kier molecular flexibility index (Phi) is 5.98. The summed E-state index contributed by atoms with van der Waals surface area (Å²) >= 11 is 6.43. The van der Waals surface area contributed by atoms with Crippen LogP contribution in [-0.4, -0.2) is 61.1 Å². The lowest BCUT2D eigenvalue weighted by atomic mass is 9.98. The maximum atomic E-state index is 13.4. The zero-order valence-corrected chi connectivity index (χ0v) is 17.6. The van der Waals surface area contributed by atoms with E-state index >= 15 is 0 Å². The van der Waals surface area contributed by atoms with Gasteiger partial charge in [0.05, 0.1) is 41.1 Å². The van der Waals surface area contributed by atoms with Gasteiger partial charge in [0, 0.05) is 17.5 Å². The highest BCUT2D eigenvalue weighted by Crippen LogP contribution is 2.45. The van der Waals surface area contributed by atoms with Gasteiger partial charge in [-0.2, -0.15) is 5.26 Å². The molecule has 2 aromatic rings. The number of amides is 1. The van der Waals surface area contributed by atoms with Gasteiger partial charge in [-0.1, -0.05) is 28.9 Å². The number of aliphatic hydroxyl groups is 1. The number of hydrogen-bond donors (Lipinski definition) is 1. The molecule has 8 nitrogen and oxygen atoms in total. The average Bonchev–Trinajstić information content (AvgIpc) is 3.21. The van der Waals surface area contributed by atoms with Gasteiger partial charge in [-0.3, -0.25) is 4.79 Å². The third-order valence-electron chi connectivity index (χ3n) is 5.28. The van der Waals surface area contributed by atoms with Crippen molar-refractivity contribution in [2.45, 2.75) is 12.5 Å². The van der Waals surface area contributed by atoms with Crippen molar-refractivity contribution in [2.75, 3.05) is 33.5 Å². The van der Waals surface area contributed by atoms with Crippen LogP contribution in [0.4, 0.5) is 0 Å². The minimum atomic E-state index is -0.400. The second-order valence-electron chi connectivity index (χ2n) is 7.11. The zero-order chi connectivity index (χ0) is 22.0. The molecule has 2 aliphatic heterocycles. The molecule has 0 unspecified atom stereocenters. The standard InChI is InChI=1S/C22H20ClN3O5/c1-29-25-14-9-15(12-27)26(11-14)22(28)18-6-5-17(20-21(18)31-8-7-30-20)16-4-2-3-13(10-24)19(16)23/h2-6,15,27H,7-9,11-12H2,1H3/b25-14-/t15-/m0/s1. The molecule has 0 aromatic heterocycles. The molecule has 1 amide bonds. The van der Waals surface area contributed by atoms with E-state index in [9.17, 15) is 15.2 Å². The molecule has 9 heteroatoms. The van der Waals surface area contributed by atoms with Crippen molar-refractivity contribution in [1.29, 1.82) is 5.26 Å². The van der Waals surface area contributed by atoms with E-state index in [1.54, 1.807) is 35.2 Å². The number of rotatable bonds is 4. The molecule has 160 valence electrons. The summed E-state index contributed by atoms with van der Waals surface area (Å²) in [6, 6.07) is 10.2. The average molecular weight is 442 g/mol. The van der Waals surface area contributed by atoms with Crippen molar-refractivity contribution < 1.29 is 24.2 Å². The van der Waals surface area contributed by atoms with Gasteiger partial charge < -0.3 is 24.3 Å². The van der Waals surface area contributed by atoms with Crippen LogP contribution >= 0.6 is 11.6 Å². The SMILES string of the molecule is CO/N=C1/C[C@@H](CO)N(C(=O)c2ccc(-c3cccc(C#N)c3Cl)c3c2OCCO3)C1. The molecule has 0 spiro atoms. The van der Waals surface area contributed by atoms with Gasteiger partial charge in [0.15, 0.2) is 11.5 Å². The van der Waals surface area contributed by atoms with Crippen molar-refractivity contribution in [1.82, 2.24) is 4.90 Å². The zero-order valence-electron chi connectivity index (χ0n) is 16.8. The van der Waals surface area contributed by atoms with E-state index in [-0.39, 0.29) is 19.1 Å². The van der Waals surface area contributed by atoms with Gasteiger partial charge in [0.2, 0.25) is 0 Å². The number of oxime groups is 1. The minimum absolute atomic E-state index is 0.192. The molecule has 0 bridgehead atoms. The van der Waals surface area contributed by atoms with E-state index in [0.29, 0.717) is 64.1 Å². The Balaban J connectivity index is 1.77. The highest BCUT2D eigenvalue weighted by Gasteiger charge is 2.36. The summed E-state index contributed by atoms with van der Waals surface area (Å²) < 4.78 is 11.7. The van der Waals surface area contributed by atoms with E-state index in [1.165, 1.54) is 7.11 Å². The van der Waals surface area contributed by atoms with Crippen LogP contribution in [-0.2, 0) is 4.84 Å². The predicted octanol–water partition coefficient (Wildman–Crippen LogP) is 2.86. The van der Waals surface area contributed by atoms with Crippen LogP contribution in [0.5, 0.6) is 11.5 Å². The summed E-state index contributed by atoms with van der Waals surface area (Å²) in [5, 5.41) is 23.3. The Morgan fingerprint density at radius 2 is 2.06 bits per heavy atom. The molecule has 1 fully saturated rings. The summed E-state index contributed by atoms with van der Waals surface area (Å²) in [6.07, 6.45) is 0.435. The van der Waals surface area contributed by atoms with Crippen LogP contribution in [0.2, 0.25) is 5.02 Å². The number of benzene rings is 2. The fourth-order valence-corrected chi connectivity index (χ4v) is 4.14. The molecular weight excluding hydrogens is 422 g/mol. The van der Waals surface area contributed by atoms with Crippen molar-refractivity contribution in [3.63, 3.8) is 0 Å². The first kappa shape index (κ1) is 21.0. The van der Waals surface area contributed by atoms with Crippen molar-refractivity contribution in [3.8, 4) is 28.7 Å². The number of hydrogen-bond acceptors (Lipinski definition) is 7. The number of carbonyl (C=O) groups is 1. The Labute approximate surface area is 184 Å². The maximum Gasteiger partial charge on any atom is 0.258 e. The van der Waals surface area contributed by atoms with Gasteiger partial charge >= 0.3 is 0 Å². The van der Waals surface area contributed by atoms with Crippen LogP contribution in [0.1, 0.15) is 22.3 Å². The maximum absolute atomic E-state index is 13.4. The summed E-state index contributed by atoms with van der Waals surface area (Å²) in [6.45, 7) is 0.678. The van der Waals surface area contributed by atoms with E-state index in [1.807, 2.05) is 0 Å². The summed E-state index contributed by atoms with van der Waals surface area (Å²) in [5.74, 6) is 0.422. The number of fused-ring (bicyclic) bond motifs is 1. The second kappa shape index (κ2) is 8.84. The number of ether oxygens (including phenoxy) is 2. The van der Waals surface area contributed by atoms with Gasteiger partial charge in [-0.15, -0.1) is 0 Å². The summed E-state index contributed by atoms with van der Waals surface area (Å²) in [7, 11) is 1.44. The van der Waals surface area contributed by atoms with Crippen LogP contribution in [0.15, 0.2) is 35.5 Å². The van der Waals surface area contributed by atoms with E-state index < -0.39 is 6.04 Å². The van der Waals surface area contributed by atoms with E-state index in [4.69, 9.17) is 25.9 Å². The fourth-order valence-electron chi connectivity index (χ4n) is 3.87. The van der Waals surface area contributed by atoms with Crippen LogP contribution < -0.4 is 9.47 Å². The summed E-state index contributed by atoms with van der Waals surface area (Å²) in [4.78, 5) is 19.7. The first-order valence-electron chi connectivity index (χ1n) is 9.71. The van der Waals surface area contributed by atoms with Gasteiger partial charge in [-0.25, -0.2) is 0 Å². The first-order chi connectivity index (χ1) is 15.1. The molecule has 1 saturated heterocycles. The molecule has 2 heterocycles. The molecule has 31 heavy (non-hydrogen) atoms. The molecule has 2 aromatic carbocycles. The molecule has 4 rings (SSSR count). The predicted molar refractivity (Wildman–Crippen MR) is 114 cm³/mol. The molecule has 0 radical (unpaired) electrons. The molecule has 0 saturated carbocycles. The van der Waals surface area contributed by atoms with Gasteiger partial charge in [0.25, 0.3) is 5.91 Å². The van der Waals surface area contributed by atoms with Gasteiger partial charge in [-0.05, 0) is 18.2 Å². The molecular formula is C22H20ClN3O5. The summed E-state index contributed by atoms with van der Waals surface area (Å²) in [5.41, 5.74) is 2.60. The molecule has 2 aliphatic rings. The largest absolute Gasteiger partial charge is 0.485 e. The number of likely N-dealkylation sites (tertiary alicyclic amines) is 1. The number of aliphatic hydroxyl groups excluding tert-OH is 1. The third kappa shape index (κ3) is 3.78. The van der Waals surface area contributed by atoms with E-state index in [2.05, 4.69) is 11.2 Å². The van der Waals surface area contributed by atoms with Crippen molar-refractivity contribution in [3.05, 3.63) is 46.5 Å². The Morgan fingerprint density at radius 3 is 2.77 bits per heavy atom. The van der Waals surface area contributed by atoms with Crippen LogP contribution in [0.25, 0.3) is 11.1 Å². The van der Waals surface area contributed by atoms with E-state index in [0.717, 1.165) is 0 Å². The van der Waals surface area contributed by atoms with Gasteiger partial charge in [0.1, 0.15) is 26.4 Å². The monoisotopic (exact) mass is 441 g/mol. The van der Waals surface area contributed by atoms with Crippen molar-refractivity contribution in [2.24, 2.45) is 5.16 Å². The quantitative estimate of drug-likeness (QED) is 0.731. The number of nitriles is 1. The Hall–Kier alpha value is -3.28.